The highest BCUT2D eigenvalue weighted by molar-refractivity contribution is 6.14. The molecule has 0 saturated carbocycles. The number of hydrogen-bond acceptors (Lipinski definition) is 3. The fraction of sp³-hybridized carbons (Fsp3) is 0.0392. The third kappa shape index (κ3) is 5.77. The van der Waals surface area contributed by atoms with Gasteiger partial charge >= 0.3 is 0 Å². The quantitative estimate of drug-likeness (QED) is 0.166. The van der Waals surface area contributed by atoms with E-state index in [0.717, 1.165) is 55.6 Å². The second-order valence-corrected chi connectivity index (χ2v) is 13.9. The van der Waals surface area contributed by atoms with Gasteiger partial charge in [-0.1, -0.05) is 158 Å². The number of pyridine rings is 1. The van der Waals surface area contributed by atoms with E-state index in [1.165, 1.54) is 27.8 Å². The first kappa shape index (κ1) is 31.7. The van der Waals surface area contributed by atoms with Gasteiger partial charge in [-0.2, -0.15) is 0 Å². The van der Waals surface area contributed by atoms with E-state index in [4.69, 9.17) is 9.40 Å². The number of fused-ring (bicyclic) bond motifs is 5. The zero-order valence-corrected chi connectivity index (χ0v) is 29.6. The van der Waals surface area contributed by atoms with Gasteiger partial charge < -0.3 is 4.42 Å². The van der Waals surface area contributed by atoms with Crippen molar-refractivity contribution in [3.05, 3.63) is 223 Å². The number of benzene rings is 7. The standard InChI is InChI=1S/C51H36N2O/c1-4-13-35(14-5-1)40-19-12-20-43(33-40)53(49-32-27-39-25-31-46-45-21-10-11-22-48(45)54-51(46)50(39)52-49)42-28-23-38(24-29-42)44-30-26-41(36-15-6-2-7-16-36)34-47(44)37-17-8-3-9-18-37/h1-34,44,47H. The number of anilines is 3. The van der Waals surface area contributed by atoms with E-state index in [1.54, 1.807) is 0 Å². The van der Waals surface area contributed by atoms with Crippen molar-refractivity contribution >= 4 is 55.6 Å². The monoisotopic (exact) mass is 692 g/mol. The Balaban J connectivity index is 1.09. The van der Waals surface area contributed by atoms with Gasteiger partial charge in [-0.25, -0.2) is 4.98 Å². The molecule has 256 valence electrons. The van der Waals surface area contributed by atoms with Crippen molar-refractivity contribution in [2.45, 2.75) is 11.8 Å². The SMILES string of the molecule is C1=CC(c2ccc(N(c3cccc(-c4ccccc4)c3)c3ccc4ccc5c6ccccc6oc5c4n3)cc2)C(c2ccccc2)C=C1c1ccccc1. The van der Waals surface area contributed by atoms with Crippen molar-refractivity contribution in [3.8, 4) is 11.1 Å². The molecule has 2 unspecified atom stereocenters. The molecule has 0 radical (unpaired) electrons. The highest BCUT2D eigenvalue weighted by Crippen LogP contribution is 2.43. The minimum atomic E-state index is 0.184. The average Bonchev–Trinajstić information content (AvgIpc) is 3.64. The van der Waals surface area contributed by atoms with Crippen molar-refractivity contribution in [1.29, 1.82) is 0 Å². The van der Waals surface area contributed by atoms with Crippen LogP contribution in [0.15, 0.2) is 211 Å². The molecule has 9 aromatic rings. The van der Waals surface area contributed by atoms with Crippen LogP contribution in [0.2, 0.25) is 0 Å². The Hall–Kier alpha value is -6.97. The lowest BCUT2D eigenvalue weighted by atomic mass is 9.76. The maximum Gasteiger partial charge on any atom is 0.161 e. The van der Waals surface area contributed by atoms with Gasteiger partial charge in [-0.05, 0) is 81.9 Å². The predicted octanol–water partition coefficient (Wildman–Crippen LogP) is 13.8. The van der Waals surface area contributed by atoms with Gasteiger partial charge in [0, 0.05) is 39.4 Å². The van der Waals surface area contributed by atoms with Gasteiger partial charge in [0.2, 0.25) is 0 Å². The summed E-state index contributed by atoms with van der Waals surface area (Å²) in [6.45, 7) is 0. The Morgan fingerprint density at radius 3 is 1.94 bits per heavy atom. The Morgan fingerprint density at radius 2 is 1.15 bits per heavy atom. The molecule has 0 saturated heterocycles. The molecule has 1 aliphatic rings. The molecule has 0 fully saturated rings. The number of aromatic nitrogens is 1. The smallest absolute Gasteiger partial charge is 0.161 e. The molecular formula is C51H36N2O. The van der Waals surface area contributed by atoms with Crippen LogP contribution in [-0.2, 0) is 0 Å². The van der Waals surface area contributed by atoms with Gasteiger partial charge in [0.15, 0.2) is 5.58 Å². The fourth-order valence-electron chi connectivity index (χ4n) is 7.99. The molecule has 1 aliphatic carbocycles. The van der Waals surface area contributed by atoms with E-state index in [1.807, 2.05) is 12.1 Å². The summed E-state index contributed by atoms with van der Waals surface area (Å²) in [5, 5.41) is 3.21. The summed E-state index contributed by atoms with van der Waals surface area (Å²) in [4.78, 5) is 7.63. The van der Waals surface area contributed by atoms with Crippen LogP contribution < -0.4 is 4.90 Å². The first-order valence-corrected chi connectivity index (χ1v) is 18.5. The lowest BCUT2D eigenvalue weighted by Gasteiger charge is -2.29. The van der Waals surface area contributed by atoms with Gasteiger partial charge in [-0.3, -0.25) is 4.90 Å². The molecule has 3 nitrogen and oxygen atoms in total. The molecule has 0 spiro atoms. The molecule has 2 atom stereocenters. The number of rotatable bonds is 7. The molecule has 3 heteroatoms. The maximum absolute atomic E-state index is 6.46. The molecule has 54 heavy (non-hydrogen) atoms. The first-order valence-electron chi connectivity index (χ1n) is 18.5. The van der Waals surface area contributed by atoms with E-state index in [2.05, 4.69) is 199 Å². The average molecular weight is 693 g/mol. The molecule has 7 aromatic carbocycles. The molecule has 2 aromatic heterocycles. The second-order valence-electron chi connectivity index (χ2n) is 13.9. The highest BCUT2D eigenvalue weighted by Gasteiger charge is 2.25. The Labute approximate surface area is 314 Å². The summed E-state index contributed by atoms with van der Waals surface area (Å²) < 4.78 is 6.46. The first-order chi connectivity index (χ1) is 26.8. The normalized spacial score (nSPS) is 15.4. The fourth-order valence-corrected chi connectivity index (χ4v) is 7.99. The highest BCUT2D eigenvalue weighted by atomic mass is 16.3. The Kier molecular flexibility index (Phi) is 7.96. The minimum absolute atomic E-state index is 0.184. The summed E-state index contributed by atoms with van der Waals surface area (Å²) in [6, 6.07) is 66.6. The van der Waals surface area contributed by atoms with Gasteiger partial charge in [-0.15, -0.1) is 0 Å². The van der Waals surface area contributed by atoms with Crippen molar-refractivity contribution in [1.82, 2.24) is 4.98 Å². The van der Waals surface area contributed by atoms with Crippen LogP contribution in [0.3, 0.4) is 0 Å². The summed E-state index contributed by atoms with van der Waals surface area (Å²) in [5.74, 6) is 1.21. The number of furan rings is 1. The van der Waals surface area contributed by atoms with E-state index < -0.39 is 0 Å². The van der Waals surface area contributed by atoms with Crippen LogP contribution in [-0.4, -0.2) is 4.98 Å². The van der Waals surface area contributed by atoms with Crippen LogP contribution in [0.25, 0.3) is 49.5 Å². The molecule has 0 aliphatic heterocycles. The Morgan fingerprint density at radius 1 is 0.481 bits per heavy atom. The summed E-state index contributed by atoms with van der Waals surface area (Å²) in [7, 11) is 0. The number of nitrogens with zero attached hydrogens (tertiary/aromatic N) is 2. The predicted molar refractivity (Wildman–Crippen MR) is 225 cm³/mol. The van der Waals surface area contributed by atoms with Gasteiger partial charge in [0.25, 0.3) is 0 Å². The summed E-state index contributed by atoms with van der Waals surface area (Å²) in [6.07, 6.45) is 7.09. The van der Waals surface area contributed by atoms with Crippen molar-refractivity contribution in [2.24, 2.45) is 0 Å². The van der Waals surface area contributed by atoms with E-state index in [0.29, 0.717) is 0 Å². The number of para-hydroxylation sites is 1. The van der Waals surface area contributed by atoms with Crippen LogP contribution in [0.4, 0.5) is 17.2 Å². The van der Waals surface area contributed by atoms with E-state index >= 15 is 0 Å². The van der Waals surface area contributed by atoms with Crippen molar-refractivity contribution < 1.29 is 4.42 Å². The van der Waals surface area contributed by atoms with Gasteiger partial charge in [0.1, 0.15) is 16.9 Å². The molecular weight excluding hydrogens is 657 g/mol. The lowest BCUT2D eigenvalue weighted by molar-refractivity contribution is 0.671. The van der Waals surface area contributed by atoms with Crippen LogP contribution in [0, 0.1) is 0 Å². The van der Waals surface area contributed by atoms with Gasteiger partial charge in [0.05, 0.1) is 0 Å². The third-order valence-electron chi connectivity index (χ3n) is 10.7. The zero-order chi connectivity index (χ0) is 35.8. The molecule has 10 rings (SSSR count). The third-order valence-corrected chi connectivity index (χ3v) is 10.7. The van der Waals surface area contributed by atoms with Crippen LogP contribution >= 0.6 is 0 Å². The molecule has 0 bridgehead atoms. The lowest BCUT2D eigenvalue weighted by Crippen LogP contribution is -2.13. The van der Waals surface area contributed by atoms with E-state index in [-0.39, 0.29) is 11.8 Å². The largest absolute Gasteiger partial charge is 0.454 e. The number of allylic oxidation sites excluding steroid dienone is 4. The summed E-state index contributed by atoms with van der Waals surface area (Å²) in [5.41, 5.74) is 12.0. The summed E-state index contributed by atoms with van der Waals surface area (Å²) >= 11 is 0. The molecule has 2 heterocycles. The minimum Gasteiger partial charge on any atom is -0.454 e. The maximum atomic E-state index is 6.46. The second kappa shape index (κ2) is 13.5. The van der Waals surface area contributed by atoms with Crippen molar-refractivity contribution in [3.63, 3.8) is 0 Å². The Bertz CT molecular complexity index is 2820. The number of hydrogen-bond donors (Lipinski definition) is 0. The van der Waals surface area contributed by atoms with E-state index in [9.17, 15) is 0 Å². The van der Waals surface area contributed by atoms with Crippen LogP contribution in [0.1, 0.15) is 28.5 Å². The molecule has 0 amide bonds. The van der Waals surface area contributed by atoms with Crippen molar-refractivity contribution in [2.75, 3.05) is 4.90 Å². The van der Waals surface area contributed by atoms with Crippen LogP contribution in [0.5, 0.6) is 0 Å². The zero-order valence-electron chi connectivity index (χ0n) is 29.6. The topological polar surface area (TPSA) is 29.3 Å². The molecule has 0 N–H and O–H groups in total.